The third-order valence-corrected chi connectivity index (χ3v) is 5.04. The number of pyridine rings is 1. The Morgan fingerprint density at radius 1 is 0.960 bits per heavy atom. The zero-order valence-electron chi connectivity index (χ0n) is 13.1. The van der Waals surface area contributed by atoms with E-state index in [0.717, 1.165) is 28.2 Å². The molecule has 0 unspecified atom stereocenters. The summed E-state index contributed by atoms with van der Waals surface area (Å²) in [5, 5.41) is 2.99. The maximum atomic E-state index is 12.9. The third kappa shape index (κ3) is 3.11. The number of aromatic nitrogens is 3. The van der Waals surface area contributed by atoms with Gasteiger partial charge >= 0.3 is 6.18 Å². The first-order valence-corrected chi connectivity index (χ1v) is 8.62. The molecule has 3 aromatic rings. The average Bonchev–Trinajstić information content (AvgIpc) is 3.10. The van der Waals surface area contributed by atoms with Crippen LogP contribution in [0.5, 0.6) is 0 Å². The van der Waals surface area contributed by atoms with E-state index in [0.29, 0.717) is 32.0 Å². The lowest BCUT2D eigenvalue weighted by atomic mass is 10.2. The first-order valence-electron chi connectivity index (χ1n) is 7.74. The van der Waals surface area contributed by atoms with Crippen molar-refractivity contribution in [3.63, 3.8) is 0 Å². The monoisotopic (exact) mass is 365 g/mol. The van der Waals surface area contributed by atoms with Gasteiger partial charge in [0.15, 0.2) is 0 Å². The molecule has 0 aromatic carbocycles. The summed E-state index contributed by atoms with van der Waals surface area (Å²) in [5.41, 5.74) is -0.671. The van der Waals surface area contributed by atoms with Gasteiger partial charge < -0.3 is 9.80 Å². The van der Waals surface area contributed by atoms with Crippen molar-refractivity contribution < 1.29 is 13.2 Å². The summed E-state index contributed by atoms with van der Waals surface area (Å²) in [7, 11) is 0. The minimum Gasteiger partial charge on any atom is -0.353 e. The predicted molar refractivity (Wildman–Crippen MR) is 91.1 cm³/mol. The first-order chi connectivity index (χ1) is 12.0. The van der Waals surface area contributed by atoms with Crippen LogP contribution in [0.15, 0.2) is 36.1 Å². The Balaban J connectivity index is 1.51. The van der Waals surface area contributed by atoms with Gasteiger partial charge in [-0.15, -0.1) is 11.3 Å². The van der Waals surface area contributed by atoms with E-state index in [9.17, 15) is 13.2 Å². The van der Waals surface area contributed by atoms with E-state index in [-0.39, 0.29) is 0 Å². The van der Waals surface area contributed by atoms with E-state index in [1.165, 1.54) is 6.20 Å². The van der Waals surface area contributed by atoms with Gasteiger partial charge in [0.05, 0.1) is 10.9 Å². The van der Waals surface area contributed by atoms with Gasteiger partial charge in [-0.2, -0.15) is 13.2 Å². The largest absolute Gasteiger partial charge is 0.416 e. The van der Waals surface area contributed by atoms with Crippen LogP contribution in [0.3, 0.4) is 0 Å². The van der Waals surface area contributed by atoms with E-state index in [1.54, 1.807) is 17.7 Å². The molecule has 1 fully saturated rings. The molecule has 5 nitrogen and oxygen atoms in total. The normalized spacial score (nSPS) is 15.8. The molecular formula is C16H14F3N5S. The third-order valence-electron chi connectivity index (χ3n) is 4.22. The molecule has 0 spiro atoms. The number of rotatable bonds is 2. The molecule has 1 aliphatic rings. The van der Waals surface area contributed by atoms with Crippen LogP contribution in [0.25, 0.3) is 10.2 Å². The van der Waals surface area contributed by atoms with Crippen LogP contribution in [0.2, 0.25) is 0 Å². The van der Waals surface area contributed by atoms with Gasteiger partial charge in [-0.1, -0.05) is 0 Å². The summed E-state index contributed by atoms with van der Waals surface area (Å²) in [5.74, 6) is 1.24. The molecule has 130 valence electrons. The van der Waals surface area contributed by atoms with Gasteiger partial charge in [0, 0.05) is 32.4 Å². The lowest BCUT2D eigenvalue weighted by Gasteiger charge is -2.36. The highest BCUT2D eigenvalue weighted by atomic mass is 32.1. The quantitative estimate of drug-likeness (QED) is 0.696. The average molecular weight is 365 g/mol. The fourth-order valence-electron chi connectivity index (χ4n) is 2.94. The Morgan fingerprint density at radius 2 is 1.72 bits per heavy atom. The van der Waals surface area contributed by atoms with Crippen LogP contribution >= 0.6 is 11.3 Å². The fourth-order valence-corrected chi connectivity index (χ4v) is 3.67. The Morgan fingerprint density at radius 3 is 2.48 bits per heavy atom. The van der Waals surface area contributed by atoms with Crippen LogP contribution in [-0.2, 0) is 6.18 Å². The molecule has 0 aliphatic carbocycles. The highest BCUT2D eigenvalue weighted by Crippen LogP contribution is 2.31. The summed E-state index contributed by atoms with van der Waals surface area (Å²) in [6, 6.07) is 4.10. The smallest absolute Gasteiger partial charge is 0.353 e. The minimum absolute atomic E-state index is 0.359. The molecule has 1 aliphatic heterocycles. The van der Waals surface area contributed by atoms with Crippen molar-refractivity contribution in [2.75, 3.05) is 36.0 Å². The number of alkyl halides is 3. The second kappa shape index (κ2) is 6.14. The topological polar surface area (TPSA) is 45.2 Å². The molecule has 4 rings (SSSR count). The number of anilines is 2. The van der Waals surface area contributed by atoms with Crippen molar-refractivity contribution in [2.24, 2.45) is 0 Å². The van der Waals surface area contributed by atoms with Crippen LogP contribution in [-0.4, -0.2) is 41.1 Å². The fraction of sp³-hybridized carbons (Fsp3) is 0.312. The van der Waals surface area contributed by atoms with Crippen molar-refractivity contribution in [3.05, 3.63) is 41.7 Å². The molecule has 0 radical (unpaired) electrons. The maximum absolute atomic E-state index is 12.9. The molecule has 4 heterocycles. The molecule has 0 bridgehead atoms. The van der Waals surface area contributed by atoms with Crippen molar-refractivity contribution in [3.8, 4) is 0 Å². The number of piperazine rings is 1. The van der Waals surface area contributed by atoms with Crippen molar-refractivity contribution in [1.29, 1.82) is 0 Å². The van der Waals surface area contributed by atoms with E-state index in [4.69, 9.17) is 0 Å². The number of hydrogen-bond donors (Lipinski definition) is 0. The van der Waals surface area contributed by atoms with Gasteiger partial charge in [0.1, 0.15) is 22.8 Å². The lowest BCUT2D eigenvalue weighted by molar-refractivity contribution is -0.137. The van der Waals surface area contributed by atoms with Crippen LogP contribution < -0.4 is 9.80 Å². The predicted octanol–water partition coefficient (Wildman–Crippen LogP) is 3.43. The van der Waals surface area contributed by atoms with Gasteiger partial charge in [-0.25, -0.2) is 15.0 Å². The van der Waals surface area contributed by atoms with E-state index < -0.39 is 11.7 Å². The first kappa shape index (κ1) is 16.1. The van der Waals surface area contributed by atoms with Gasteiger partial charge in [0.25, 0.3) is 0 Å². The molecular weight excluding hydrogens is 351 g/mol. The Kier molecular flexibility index (Phi) is 3.95. The molecule has 0 atom stereocenters. The van der Waals surface area contributed by atoms with Gasteiger partial charge in [0.2, 0.25) is 0 Å². The summed E-state index contributed by atoms with van der Waals surface area (Å²) in [6.45, 7) is 2.51. The Hall–Kier alpha value is -2.42. The number of halogens is 3. The van der Waals surface area contributed by atoms with Gasteiger partial charge in [-0.3, -0.25) is 0 Å². The second-order valence-electron chi connectivity index (χ2n) is 5.71. The van der Waals surface area contributed by atoms with Crippen LogP contribution in [0, 0.1) is 0 Å². The van der Waals surface area contributed by atoms with E-state index in [1.807, 2.05) is 16.3 Å². The summed E-state index contributed by atoms with van der Waals surface area (Å²) >= 11 is 1.56. The van der Waals surface area contributed by atoms with Gasteiger partial charge in [-0.05, 0) is 23.6 Å². The standard InChI is InChI=1S/C16H14F3N5S/c17-16(18,19)11-1-3-20-13(9-11)23-4-6-24(7-5-23)14-12-2-8-25-15(12)22-10-21-14/h1-3,8-10H,4-7H2. The number of thiophene rings is 1. The maximum Gasteiger partial charge on any atom is 0.416 e. The number of hydrogen-bond acceptors (Lipinski definition) is 6. The van der Waals surface area contributed by atoms with Crippen LogP contribution in [0.4, 0.5) is 24.8 Å². The zero-order chi connectivity index (χ0) is 17.4. The molecule has 0 N–H and O–H groups in total. The summed E-state index contributed by atoms with van der Waals surface area (Å²) in [6.07, 6.45) is -1.59. The SMILES string of the molecule is FC(F)(F)c1ccnc(N2CCN(c3ncnc4sccc34)CC2)c1. The highest BCUT2D eigenvalue weighted by Gasteiger charge is 2.31. The van der Waals surface area contributed by atoms with Crippen LogP contribution in [0.1, 0.15) is 5.56 Å². The molecule has 9 heteroatoms. The number of fused-ring (bicyclic) bond motifs is 1. The Labute approximate surface area is 145 Å². The lowest BCUT2D eigenvalue weighted by Crippen LogP contribution is -2.47. The molecule has 25 heavy (non-hydrogen) atoms. The summed E-state index contributed by atoms with van der Waals surface area (Å²) in [4.78, 5) is 17.7. The zero-order valence-corrected chi connectivity index (χ0v) is 13.9. The molecule has 1 saturated heterocycles. The Bertz CT molecular complexity index is 887. The molecule has 3 aromatic heterocycles. The van der Waals surface area contributed by atoms with E-state index >= 15 is 0 Å². The minimum atomic E-state index is -4.36. The van der Waals surface area contributed by atoms with Crippen molar-refractivity contribution >= 4 is 33.2 Å². The van der Waals surface area contributed by atoms with Crippen molar-refractivity contribution in [2.45, 2.75) is 6.18 Å². The molecule has 0 amide bonds. The van der Waals surface area contributed by atoms with Crippen molar-refractivity contribution in [1.82, 2.24) is 15.0 Å². The summed E-state index contributed by atoms with van der Waals surface area (Å²) < 4.78 is 38.6. The number of nitrogens with zero attached hydrogens (tertiary/aromatic N) is 5. The second-order valence-corrected chi connectivity index (χ2v) is 6.61. The highest BCUT2D eigenvalue weighted by molar-refractivity contribution is 7.16. The van der Waals surface area contributed by atoms with E-state index in [2.05, 4.69) is 19.9 Å². The molecule has 0 saturated carbocycles.